The van der Waals surface area contributed by atoms with Gasteiger partial charge in [0.25, 0.3) is 0 Å². The molecule has 102 valence electrons. The molecule has 0 aromatic carbocycles. The predicted molar refractivity (Wildman–Crippen MR) is 78.5 cm³/mol. The summed E-state index contributed by atoms with van der Waals surface area (Å²) in [5, 5.41) is 4.33. The van der Waals surface area contributed by atoms with Crippen LogP contribution in [0.15, 0.2) is 5.10 Å². The Morgan fingerprint density at radius 2 is 1.65 bits per heavy atom. The van der Waals surface area contributed by atoms with Gasteiger partial charge in [0.05, 0.1) is 0 Å². The highest BCUT2D eigenvalue weighted by molar-refractivity contribution is 5.60. The van der Waals surface area contributed by atoms with E-state index in [9.17, 15) is 0 Å². The molecule has 1 atom stereocenters. The number of nitrogens with zero attached hydrogens (tertiary/aromatic N) is 1. The SMILES string of the molecule is CCCCCCCC(/C=N/NC(C)C)CCC. The van der Waals surface area contributed by atoms with E-state index in [2.05, 4.69) is 44.4 Å². The molecule has 0 bridgehead atoms. The molecule has 2 nitrogen and oxygen atoms in total. The molecule has 1 unspecified atom stereocenters. The minimum atomic E-state index is 0.443. The summed E-state index contributed by atoms with van der Waals surface area (Å²) < 4.78 is 0. The molecule has 0 heterocycles. The lowest BCUT2D eigenvalue weighted by Gasteiger charge is -2.11. The van der Waals surface area contributed by atoms with Crippen LogP contribution in [0.25, 0.3) is 0 Å². The number of nitrogens with one attached hydrogen (secondary N) is 1. The van der Waals surface area contributed by atoms with Crippen LogP contribution in [0.2, 0.25) is 0 Å². The Kier molecular flexibility index (Phi) is 11.6. The van der Waals surface area contributed by atoms with Crippen molar-refractivity contribution in [1.29, 1.82) is 0 Å². The largest absolute Gasteiger partial charge is 0.308 e. The summed E-state index contributed by atoms with van der Waals surface area (Å²) in [5.41, 5.74) is 3.11. The fourth-order valence-electron chi connectivity index (χ4n) is 1.97. The summed E-state index contributed by atoms with van der Waals surface area (Å²) in [5.74, 6) is 0.674. The topological polar surface area (TPSA) is 24.4 Å². The van der Waals surface area contributed by atoms with Crippen molar-refractivity contribution in [3.8, 4) is 0 Å². The standard InChI is InChI=1S/C15H32N2/c1-5-7-8-9-10-12-15(11-6-2)13-16-17-14(3)4/h13-15,17H,5-12H2,1-4H3/b16-13+. The average molecular weight is 240 g/mol. The smallest absolute Gasteiger partial charge is 0.0383 e. The van der Waals surface area contributed by atoms with E-state index in [4.69, 9.17) is 0 Å². The number of rotatable bonds is 11. The van der Waals surface area contributed by atoms with Gasteiger partial charge < -0.3 is 5.43 Å². The molecule has 0 amide bonds. The molecule has 0 radical (unpaired) electrons. The Morgan fingerprint density at radius 1 is 0.941 bits per heavy atom. The first kappa shape index (κ1) is 16.5. The normalized spacial score (nSPS) is 13.5. The fourth-order valence-corrected chi connectivity index (χ4v) is 1.97. The molecule has 0 rings (SSSR count). The third-order valence-corrected chi connectivity index (χ3v) is 2.96. The van der Waals surface area contributed by atoms with Crippen LogP contribution in [-0.4, -0.2) is 12.3 Å². The molecule has 0 spiro atoms. The summed E-state index contributed by atoms with van der Waals surface area (Å²) in [6.07, 6.45) is 12.8. The van der Waals surface area contributed by atoms with E-state index in [1.807, 2.05) is 0 Å². The van der Waals surface area contributed by atoms with Gasteiger partial charge in [0.15, 0.2) is 0 Å². The van der Waals surface area contributed by atoms with Crippen LogP contribution in [-0.2, 0) is 0 Å². The lowest BCUT2D eigenvalue weighted by atomic mass is 9.97. The third kappa shape index (κ3) is 11.7. The molecule has 2 heteroatoms. The second kappa shape index (κ2) is 11.9. The van der Waals surface area contributed by atoms with E-state index in [-0.39, 0.29) is 0 Å². The Labute approximate surface area is 108 Å². The Hall–Kier alpha value is -0.530. The molecule has 0 saturated heterocycles. The van der Waals surface area contributed by atoms with Gasteiger partial charge in [0.1, 0.15) is 0 Å². The predicted octanol–water partition coefficient (Wildman–Crippen LogP) is 4.75. The van der Waals surface area contributed by atoms with E-state index in [1.54, 1.807) is 0 Å². The molecule has 0 aliphatic rings. The van der Waals surface area contributed by atoms with E-state index < -0.39 is 0 Å². The van der Waals surface area contributed by atoms with Crippen LogP contribution in [0.1, 0.15) is 79.1 Å². The first-order chi connectivity index (χ1) is 8.20. The molecule has 17 heavy (non-hydrogen) atoms. The van der Waals surface area contributed by atoms with Gasteiger partial charge in [-0.15, -0.1) is 0 Å². The van der Waals surface area contributed by atoms with E-state index in [1.165, 1.54) is 51.4 Å². The minimum absolute atomic E-state index is 0.443. The van der Waals surface area contributed by atoms with E-state index in [0.717, 1.165) is 0 Å². The van der Waals surface area contributed by atoms with Crippen LogP contribution in [0, 0.1) is 5.92 Å². The third-order valence-electron chi connectivity index (χ3n) is 2.96. The van der Waals surface area contributed by atoms with Crippen molar-refractivity contribution in [2.45, 2.75) is 85.1 Å². The van der Waals surface area contributed by atoms with Gasteiger partial charge in [-0.2, -0.15) is 5.10 Å². The second-order valence-electron chi connectivity index (χ2n) is 5.31. The van der Waals surface area contributed by atoms with Crippen molar-refractivity contribution in [2.75, 3.05) is 0 Å². The zero-order chi connectivity index (χ0) is 12.9. The molecule has 0 aliphatic heterocycles. The molecule has 1 N–H and O–H groups in total. The first-order valence-electron chi connectivity index (χ1n) is 7.49. The zero-order valence-electron chi connectivity index (χ0n) is 12.3. The van der Waals surface area contributed by atoms with Crippen LogP contribution in [0.5, 0.6) is 0 Å². The maximum Gasteiger partial charge on any atom is 0.0383 e. The van der Waals surface area contributed by atoms with E-state index in [0.29, 0.717) is 12.0 Å². The maximum absolute atomic E-state index is 4.33. The van der Waals surface area contributed by atoms with E-state index >= 15 is 0 Å². The van der Waals surface area contributed by atoms with Crippen LogP contribution >= 0.6 is 0 Å². The number of hydrazone groups is 1. The van der Waals surface area contributed by atoms with Crippen molar-refractivity contribution < 1.29 is 0 Å². The Morgan fingerprint density at radius 3 is 2.24 bits per heavy atom. The molecular formula is C15H32N2. The summed E-state index contributed by atoms with van der Waals surface area (Å²) in [6, 6.07) is 0.443. The lowest BCUT2D eigenvalue weighted by Crippen LogP contribution is -2.17. The van der Waals surface area contributed by atoms with Gasteiger partial charge in [0, 0.05) is 12.3 Å². The zero-order valence-corrected chi connectivity index (χ0v) is 12.3. The van der Waals surface area contributed by atoms with Gasteiger partial charge in [-0.1, -0.05) is 52.4 Å². The molecule has 0 aromatic heterocycles. The van der Waals surface area contributed by atoms with Crippen molar-refractivity contribution in [1.82, 2.24) is 5.43 Å². The van der Waals surface area contributed by atoms with Crippen LogP contribution in [0.3, 0.4) is 0 Å². The summed E-state index contributed by atoms with van der Waals surface area (Å²) in [6.45, 7) is 8.77. The molecule has 0 fully saturated rings. The van der Waals surface area contributed by atoms with Gasteiger partial charge >= 0.3 is 0 Å². The number of hydrogen-bond acceptors (Lipinski definition) is 2. The van der Waals surface area contributed by atoms with Gasteiger partial charge in [-0.05, 0) is 32.6 Å². The second-order valence-corrected chi connectivity index (χ2v) is 5.31. The quantitative estimate of drug-likeness (QED) is 0.315. The van der Waals surface area contributed by atoms with Gasteiger partial charge in [-0.25, -0.2) is 0 Å². The summed E-state index contributed by atoms with van der Waals surface area (Å²) in [4.78, 5) is 0. The first-order valence-corrected chi connectivity index (χ1v) is 7.49. The molecule has 0 aromatic rings. The van der Waals surface area contributed by atoms with Crippen molar-refractivity contribution in [3.63, 3.8) is 0 Å². The lowest BCUT2D eigenvalue weighted by molar-refractivity contribution is 0.514. The fraction of sp³-hybridized carbons (Fsp3) is 0.933. The van der Waals surface area contributed by atoms with Crippen LogP contribution < -0.4 is 5.43 Å². The highest BCUT2D eigenvalue weighted by Crippen LogP contribution is 2.14. The highest BCUT2D eigenvalue weighted by Gasteiger charge is 2.04. The molecular weight excluding hydrogens is 208 g/mol. The van der Waals surface area contributed by atoms with Crippen LogP contribution in [0.4, 0.5) is 0 Å². The number of hydrogen-bond donors (Lipinski definition) is 1. The minimum Gasteiger partial charge on any atom is -0.308 e. The summed E-state index contributed by atoms with van der Waals surface area (Å²) in [7, 11) is 0. The molecule has 0 aliphatic carbocycles. The number of unbranched alkanes of at least 4 members (excludes halogenated alkanes) is 4. The monoisotopic (exact) mass is 240 g/mol. The highest BCUT2D eigenvalue weighted by atomic mass is 15.3. The Bertz CT molecular complexity index is 176. The van der Waals surface area contributed by atoms with Crippen molar-refractivity contribution in [3.05, 3.63) is 0 Å². The van der Waals surface area contributed by atoms with Crippen molar-refractivity contribution in [2.24, 2.45) is 11.0 Å². The average Bonchev–Trinajstić information content (AvgIpc) is 2.28. The van der Waals surface area contributed by atoms with Crippen molar-refractivity contribution >= 4 is 6.21 Å². The van der Waals surface area contributed by atoms with Gasteiger partial charge in [-0.3, -0.25) is 0 Å². The Balaban J connectivity index is 3.69. The molecule has 0 saturated carbocycles. The van der Waals surface area contributed by atoms with Gasteiger partial charge in [0.2, 0.25) is 0 Å². The maximum atomic E-state index is 4.33. The summed E-state index contributed by atoms with van der Waals surface area (Å²) >= 11 is 0.